The highest BCUT2D eigenvalue weighted by atomic mass is 35.5. The van der Waals surface area contributed by atoms with Gasteiger partial charge in [0.15, 0.2) is 0 Å². The van der Waals surface area contributed by atoms with Crippen molar-refractivity contribution in [2.45, 2.75) is 12.8 Å². The Morgan fingerprint density at radius 1 is 1.44 bits per heavy atom. The van der Waals surface area contributed by atoms with E-state index in [1.54, 1.807) is 0 Å². The number of nitro groups is 1. The minimum Gasteiger partial charge on any atom is -0.273 e. The van der Waals surface area contributed by atoms with Crippen molar-refractivity contribution < 1.29 is 9.72 Å². The minimum atomic E-state index is -0.736. The minimum absolute atomic E-state index is 0.000116. The van der Waals surface area contributed by atoms with E-state index in [2.05, 4.69) is 20.7 Å². The molecule has 0 fully saturated rings. The third kappa shape index (κ3) is 5.07. The average molecular weight is 367 g/mol. The third-order valence-corrected chi connectivity index (χ3v) is 3.26. The average Bonchev–Trinajstić information content (AvgIpc) is 2.55. The summed E-state index contributed by atoms with van der Waals surface area (Å²) in [7, 11) is 0. The molecule has 0 spiro atoms. The smallest absolute Gasteiger partial charge is 0.273 e. The zero-order valence-electron chi connectivity index (χ0n) is 12.5. The van der Waals surface area contributed by atoms with Gasteiger partial charge in [-0.2, -0.15) is 10.2 Å². The monoisotopic (exact) mass is 366 g/mol. The molecule has 11 nitrogen and oxygen atoms in total. The maximum atomic E-state index is 11.6. The van der Waals surface area contributed by atoms with Crippen molar-refractivity contribution in [2.24, 2.45) is 5.10 Å². The fourth-order valence-corrected chi connectivity index (χ4v) is 1.94. The van der Waals surface area contributed by atoms with E-state index in [0.29, 0.717) is 5.56 Å². The van der Waals surface area contributed by atoms with Crippen molar-refractivity contribution in [1.82, 2.24) is 20.6 Å². The number of aromatic nitrogens is 3. The second kappa shape index (κ2) is 7.97. The molecule has 12 heteroatoms. The van der Waals surface area contributed by atoms with Crippen LogP contribution in [0.3, 0.4) is 0 Å². The Labute approximate surface area is 143 Å². The zero-order valence-corrected chi connectivity index (χ0v) is 13.2. The maximum absolute atomic E-state index is 11.6. The van der Waals surface area contributed by atoms with Crippen LogP contribution in [0, 0.1) is 10.1 Å². The number of nitro benzene ring substituents is 1. The van der Waals surface area contributed by atoms with Crippen molar-refractivity contribution in [1.29, 1.82) is 0 Å². The lowest BCUT2D eigenvalue weighted by Gasteiger charge is -2.00. The Kier molecular flexibility index (Phi) is 5.74. The summed E-state index contributed by atoms with van der Waals surface area (Å²) >= 11 is 5.69. The highest BCUT2D eigenvalue weighted by Gasteiger charge is 2.12. The Morgan fingerprint density at radius 2 is 2.20 bits per heavy atom. The quantitative estimate of drug-likeness (QED) is 0.373. The summed E-state index contributed by atoms with van der Waals surface area (Å²) in [5.41, 5.74) is 0.902. The van der Waals surface area contributed by atoms with E-state index < -0.39 is 22.1 Å². The number of benzene rings is 1. The molecule has 1 amide bonds. The molecular formula is C13H11ClN6O5. The topological polar surface area (TPSA) is 163 Å². The lowest BCUT2D eigenvalue weighted by Crippen LogP contribution is -2.28. The van der Waals surface area contributed by atoms with E-state index in [4.69, 9.17) is 11.6 Å². The lowest BCUT2D eigenvalue weighted by molar-refractivity contribution is -0.384. The lowest BCUT2D eigenvalue weighted by atomic mass is 10.2. The third-order valence-electron chi connectivity index (χ3n) is 2.94. The molecule has 2 rings (SSSR count). The molecule has 0 unspecified atom stereocenters. The van der Waals surface area contributed by atoms with E-state index in [0.717, 1.165) is 0 Å². The van der Waals surface area contributed by atoms with Crippen LogP contribution >= 0.6 is 11.6 Å². The van der Waals surface area contributed by atoms with Crippen molar-refractivity contribution >= 4 is 29.4 Å². The first-order valence-corrected chi connectivity index (χ1v) is 7.18. The van der Waals surface area contributed by atoms with Crippen LogP contribution in [0.1, 0.15) is 17.7 Å². The van der Waals surface area contributed by atoms with Crippen LogP contribution in [0.4, 0.5) is 5.69 Å². The number of aryl methyl sites for hydroxylation is 1. The molecule has 2 aromatic rings. The number of hydrogen-bond acceptors (Lipinski definition) is 7. The van der Waals surface area contributed by atoms with Crippen LogP contribution in [-0.4, -0.2) is 32.2 Å². The second-order valence-corrected chi connectivity index (χ2v) is 5.12. The predicted octanol–water partition coefficient (Wildman–Crippen LogP) is 0.103. The van der Waals surface area contributed by atoms with Gasteiger partial charge >= 0.3 is 5.69 Å². The number of carbonyl (C=O) groups excluding carboxylic acids is 1. The van der Waals surface area contributed by atoms with Gasteiger partial charge in [0.2, 0.25) is 5.91 Å². The van der Waals surface area contributed by atoms with Gasteiger partial charge in [-0.15, -0.1) is 0 Å². The first-order valence-electron chi connectivity index (χ1n) is 6.80. The van der Waals surface area contributed by atoms with E-state index in [-0.39, 0.29) is 29.2 Å². The number of halogens is 1. The molecule has 0 atom stereocenters. The number of carbonyl (C=O) groups is 1. The fourth-order valence-electron chi connectivity index (χ4n) is 1.76. The molecule has 0 aliphatic heterocycles. The molecule has 1 heterocycles. The standard InChI is InChI=1S/C13H11ClN6O5/c14-8-2-1-7(5-10(8)20(24)25)6-15-18-11(21)4-3-9-12(22)16-13(23)19-17-9/h1-2,5-6H,3-4H2,(H,18,21)(H2,16,19,22,23)/b15-6+. The second-order valence-electron chi connectivity index (χ2n) is 4.71. The van der Waals surface area contributed by atoms with Gasteiger partial charge in [0.25, 0.3) is 11.2 Å². The first kappa shape index (κ1) is 18.0. The molecule has 130 valence electrons. The largest absolute Gasteiger partial charge is 0.342 e. The van der Waals surface area contributed by atoms with Crippen LogP contribution in [0.15, 0.2) is 32.9 Å². The Bertz CT molecular complexity index is 950. The normalized spacial score (nSPS) is 10.8. The molecule has 0 aliphatic carbocycles. The maximum Gasteiger partial charge on any atom is 0.342 e. The zero-order chi connectivity index (χ0) is 18.4. The van der Waals surface area contributed by atoms with Crippen LogP contribution in [0.25, 0.3) is 0 Å². The number of nitrogens with zero attached hydrogens (tertiary/aromatic N) is 3. The highest BCUT2D eigenvalue weighted by molar-refractivity contribution is 6.32. The summed E-state index contributed by atoms with van der Waals surface area (Å²) in [6.45, 7) is 0. The molecule has 0 saturated heterocycles. The first-order chi connectivity index (χ1) is 11.9. The van der Waals surface area contributed by atoms with Gasteiger partial charge in [-0.05, 0) is 6.07 Å². The SMILES string of the molecule is O=C(CCc1n[nH]c(=O)[nH]c1=O)N/N=C/c1ccc(Cl)c([N+](=O)[O-])c1. The molecule has 0 saturated carbocycles. The fraction of sp³-hybridized carbons (Fsp3) is 0.154. The number of nitrogens with one attached hydrogen (secondary N) is 3. The van der Waals surface area contributed by atoms with Gasteiger partial charge < -0.3 is 0 Å². The van der Waals surface area contributed by atoms with Crippen molar-refractivity contribution in [3.63, 3.8) is 0 Å². The van der Waals surface area contributed by atoms with Crippen molar-refractivity contribution in [2.75, 3.05) is 0 Å². The van der Waals surface area contributed by atoms with E-state index in [1.165, 1.54) is 24.4 Å². The summed E-state index contributed by atoms with van der Waals surface area (Å²) in [5.74, 6) is -0.507. The van der Waals surface area contributed by atoms with Crippen LogP contribution in [-0.2, 0) is 11.2 Å². The van der Waals surface area contributed by atoms with Gasteiger partial charge in [0.1, 0.15) is 10.7 Å². The van der Waals surface area contributed by atoms with Gasteiger partial charge in [-0.1, -0.05) is 17.7 Å². The van der Waals surface area contributed by atoms with Crippen molar-refractivity contribution in [3.05, 3.63) is 65.4 Å². The molecule has 25 heavy (non-hydrogen) atoms. The Morgan fingerprint density at radius 3 is 2.88 bits per heavy atom. The Hall–Kier alpha value is -3.34. The Balaban J connectivity index is 1.92. The van der Waals surface area contributed by atoms with Gasteiger partial charge in [-0.3, -0.25) is 24.7 Å². The number of hydrazone groups is 1. The molecule has 0 bridgehead atoms. The number of aromatic amines is 2. The van der Waals surface area contributed by atoms with Gasteiger partial charge in [-0.25, -0.2) is 15.3 Å². The summed E-state index contributed by atoms with van der Waals surface area (Å²) in [5, 5.41) is 20.0. The summed E-state index contributed by atoms with van der Waals surface area (Å²) < 4.78 is 0. The summed E-state index contributed by atoms with van der Waals surface area (Å²) in [6, 6.07) is 4.05. The predicted molar refractivity (Wildman–Crippen MR) is 87.6 cm³/mol. The summed E-state index contributed by atoms with van der Waals surface area (Å²) in [6.07, 6.45) is 1.12. The number of amides is 1. The number of H-pyrrole nitrogens is 2. The molecule has 0 aliphatic rings. The van der Waals surface area contributed by atoms with Crippen molar-refractivity contribution in [3.8, 4) is 0 Å². The summed E-state index contributed by atoms with van der Waals surface area (Å²) in [4.78, 5) is 46.0. The van der Waals surface area contributed by atoms with Crippen LogP contribution in [0.5, 0.6) is 0 Å². The number of hydrogen-bond donors (Lipinski definition) is 3. The van der Waals surface area contributed by atoms with Gasteiger partial charge in [0.05, 0.1) is 11.1 Å². The van der Waals surface area contributed by atoms with E-state index in [1.807, 2.05) is 4.98 Å². The van der Waals surface area contributed by atoms with Crippen LogP contribution in [0.2, 0.25) is 5.02 Å². The van der Waals surface area contributed by atoms with Crippen LogP contribution < -0.4 is 16.7 Å². The number of rotatable bonds is 6. The molecule has 1 aromatic heterocycles. The van der Waals surface area contributed by atoms with Gasteiger partial charge in [0, 0.05) is 24.5 Å². The highest BCUT2D eigenvalue weighted by Crippen LogP contribution is 2.24. The van der Waals surface area contributed by atoms with E-state index in [9.17, 15) is 24.5 Å². The molecular weight excluding hydrogens is 356 g/mol. The molecule has 1 aromatic carbocycles. The van der Waals surface area contributed by atoms with E-state index >= 15 is 0 Å². The molecule has 3 N–H and O–H groups in total. The molecule has 0 radical (unpaired) electrons.